The number of pyridine rings is 1. The van der Waals surface area contributed by atoms with E-state index in [1.54, 1.807) is 0 Å². The molecule has 1 saturated carbocycles. The number of aromatic nitrogens is 1. The highest BCUT2D eigenvalue weighted by atomic mass is 35.5. The normalized spacial score (nSPS) is 17.4. The highest BCUT2D eigenvalue weighted by Gasteiger charge is 2.34. The third kappa shape index (κ3) is 3.09. The Hall–Kier alpha value is -0.840. The minimum atomic E-state index is -0.740. The number of carbonyl (C=O) groups is 1. The second-order valence-corrected chi connectivity index (χ2v) is 5.04. The van der Waals surface area contributed by atoms with Crippen molar-refractivity contribution in [2.24, 2.45) is 0 Å². The molecule has 1 aliphatic carbocycles. The summed E-state index contributed by atoms with van der Waals surface area (Å²) in [5.74, 6) is -0.309. The zero-order valence-corrected chi connectivity index (χ0v) is 10.6. The zero-order valence-electron chi connectivity index (χ0n) is 9.04. The fourth-order valence-corrected chi connectivity index (χ4v) is 2.16. The SMILES string of the molecule is O=C(NCC1(O)CCC1)c1cc(Cl)nc(Cl)c1. The number of rotatable bonds is 3. The molecule has 17 heavy (non-hydrogen) atoms. The average molecular weight is 275 g/mol. The molecule has 0 atom stereocenters. The number of carbonyl (C=O) groups excluding carboxylic acids is 1. The highest BCUT2D eigenvalue weighted by Crippen LogP contribution is 2.30. The summed E-state index contributed by atoms with van der Waals surface area (Å²) in [7, 11) is 0. The number of hydrogen-bond acceptors (Lipinski definition) is 3. The van der Waals surface area contributed by atoms with Gasteiger partial charge in [0.15, 0.2) is 0 Å². The van der Waals surface area contributed by atoms with Crippen LogP contribution in [0.1, 0.15) is 29.6 Å². The van der Waals surface area contributed by atoms with Gasteiger partial charge in [-0.2, -0.15) is 0 Å². The minimum Gasteiger partial charge on any atom is -0.388 e. The van der Waals surface area contributed by atoms with Gasteiger partial charge in [-0.1, -0.05) is 23.2 Å². The van der Waals surface area contributed by atoms with Crippen LogP contribution in [0.25, 0.3) is 0 Å². The van der Waals surface area contributed by atoms with E-state index in [1.807, 2.05) is 0 Å². The monoisotopic (exact) mass is 274 g/mol. The number of hydrogen-bond donors (Lipinski definition) is 2. The molecule has 1 aromatic heterocycles. The van der Waals surface area contributed by atoms with Crippen molar-refractivity contribution in [3.8, 4) is 0 Å². The van der Waals surface area contributed by atoms with Gasteiger partial charge < -0.3 is 10.4 Å². The van der Waals surface area contributed by atoms with Gasteiger partial charge in [-0.05, 0) is 31.4 Å². The molecular weight excluding hydrogens is 263 g/mol. The minimum absolute atomic E-state index is 0.171. The van der Waals surface area contributed by atoms with E-state index >= 15 is 0 Å². The summed E-state index contributed by atoms with van der Waals surface area (Å²) < 4.78 is 0. The molecule has 4 nitrogen and oxygen atoms in total. The quantitative estimate of drug-likeness (QED) is 0.830. The Morgan fingerprint density at radius 3 is 2.47 bits per heavy atom. The molecular formula is C11H12Cl2N2O2. The fourth-order valence-electron chi connectivity index (χ4n) is 1.70. The van der Waals surface area contributed by atoms with Gasteiger partial charge in [0.25, 0.3) is 5.91 Å². The van der Waals surface area contributed by atoms with Crippen LogP contribution in [0.5, 0.6) is 0 Å². The molecule has 0 bridgehead atoms. The molecule has 0 saturated heterocycles. The van der Waals surface area contributed by atoms with Gasteiger partial charge >= 0.3 is 0 Å². The standard InChI is InChI=1S/C11H12Cl2N2O2/c12-8-4-7(5-9(13)15-8)10(16)14-6-11(17)2-1-3-11/h4-5,17H,1-3,6H2,(H,14,16). The zero-order chi connectivity index (χ0) is 12.5. The Balaban J connectivity index is 1.99. The molecule has 1 aromatic rings. The van der Waals surface area contributed by atoms with Crippen LogP contribution in [0.15, 0.2) is 12.1 Å². The predicted octanol–water partition coefficient (Wildman–Crippen LogP) is 2.03. The van der Waals surface area contributed by atoms with E-state index in [0.717, 1.165) is 19.3 Å². The smallest absolute Gasteiger partial charge is 0.251 e. The van der Waals surface area contributed by atoms with Crippen molar-refractivity contribution >= 4 is 29.1 Å². The van der Waals surface area contributed by atoms with Crippen LogP contribution >= 0.6 is 23.2 Å². The lowest BCUT2D eigenvalue weighted by atomic mass is 9.80. The lowest BCUT2D eigenvalue weighted by Gasteiger charge is -2.36. The van der Waals surface area contributed by atoms with Crippen molar-refractivity contribution in [2.45, 2.75) is 24.9 Å². The predicted molar refractivity (Wildman–Crippen MR) is 65.4 cm³/mol. The highest BCUT2D eigenvalue weighted by molar-refractivity contribution is 6.33. The summed E-state index contributed by atoms with van der Waals surface area (Å²) in [6.45, 7) is 0.253. The molecule has 6 heteroatoms. The number of nitrogens with one attached hydrogen (secondary N) is 1. The summed E-state index contributed by atoms with van der Waals surface area (Å²) in [5, 5.41) is 12.8. The van der Waals surface area contributed by atoms with Gasteiger partial charge in [0.2, 0.25) is 0 Å². The van der Waals surface area contributed by atoms with Crippen molar-refractivity contribution in [1.29, 1.82) is 0 Å². The Bertz CT molecular complexity index is 427. The Morgan fingerprint density at radius 2 is 2.00 bits per heavy atom. The third-order valence-electron chi connectivity index (χ3n) is 2.89. The molecule has 0 aromatic carbocycles. The van der Waals surface area contributed by atoms with E-state index in [2.05, 4.69) is 10.3 Å². The van der Waals surface area contributed by atoms with E-state index in [1.165, 1.54) is 12.1 Å². The van der Waals surface area contributed by atoms with Crippen LogP contribution in [0.4, 0.5) is 0 Å². The lowest BCUT2D eigenvalue weighted by molar-refractivity contribution is -0.0300. The molecule has 1 amide bonds. The Labute approximate surface area is 109 Å². The first-order valence-corrected chi connectivity index (χ1v) is 6.08. The van der Waals surface area contributed by atoms with Crippen molar-refractivity contribution in [3.63, 3.8) is 0 Å². The average Bonchev–Trinajstić information content (AvgIpc) is 2.22. The van der Waals surface area contributed by atoms with Gasteiger partial charge in [-0.3, -0.25) is 4.79 Å². The summed E-state index contributed by atoms with van der Waals surface area (Å²) in [4.78, 5) is 15.5. The van der Waals surface area contributed by atoms with Crippen LogP contribution < -0.4 is 5.32 Å². The first kappa shape index (κ1) is 12.6. The van der Waals surface area contributed by atoms with E-state index < -0.39 is 5.60 Å². The lowest BCUT2D eigenvalue weighted by Crippen LogP contribution is -2.47. The first-order valence-electron chi connectivity index (χ1n) is 5.32. The van der Waals surface area contributed by atoms with Crippen molar-refractivity contribution in [1.82, 2.24) is 10.3 Å². The first-order chi connectivity index (χ1) is 7.98. The summed E-state index contributed by atoms with van der Waals surface area (Å²) in [5.41, 5.74) is -0.395. The van der Waals surface area contributed by atoms with Crippen molar-refractivity contribution in [2.75, 3.05) is 6.54 Å². The number of aliphatic hydroxyl groups is 1. The van der Waals surface area contributed by atoms with Gasteiger partial charge in [-0.25, -0.2) is 4.98 Å². The number of halogens is 2. The Morgan fingerprint density at radius 1 is 1.41 bits per heavy atom. The van der Waals surface area contributed by atoms with E-state index in [9.17, 15) is 9.90 Å². The second kappa shape index (κ2) is 4.80. The molecule has 1 aliphatic rings. The summed E-state index contributed by atoms with van der Waals surface area (Å²) >= 11 is 11.4. The number of nitrogens with zero attached hydrogens (tertiary/aromatic N) is 1. The topological polar surface area (TPSA) is 62.2 Å². The van der Waals surface area contributed by atoms with Gasteiger partial charge in [0.05, 0.1) is 5.60 Å². The van der Waals surface area contributed by atoms with Crippen LogP contribution in [0.3, 0.4) is 0 Å². The summed E-state index contributed by atoms with van der Waals surface area (Å²) in [6, 6.07) is 2.88. The summed E-state index contributed by atoms with van der Waals surface area (Å²) in [6.07, 6.45) is 2.45. The molecule has 92 valence electrons. The van der Waals surface area contributed by atoms with Crippen LogP contribution in [-0.4, -0.2) is 28.1 Å². The van der Waals surface area contributed by atoms with Crippen LogP contribution in [0.2, 0.25) is 10.3 Å². The molecule has 1 heterocycles. The van der Waals surface area contributed by atoms with Gasteiger partial charge in [-0.15, -0.1) is 0 Å². The maximum Gasteiger partial charge on any atom is 0.251 e. The molecule has 0 spiro atoms. The van der Waals surface area contributed by atoms with Gasteiger partial charge in [0.1, 0.15) is 10.3 Å². The van der Waals surface area contributed by atoms with Gasteiger partial charge in [0, 0.05) is 12.1 Å². The maximum atomic E-state index is 11.8. The van der Waals surface area contributed by atoms with Crippen molar-refractivity contribution in [3.05, 3.63) is 28.0 Å². The molecule has 1 fully saturated rings. The Kier molecular flexibility index (Phi) is 3.56. The van der Waals surface area contributed by atoms with Crippen molar-refractivity contribution < 1.29 is 9.90 Å². The molecule has 0 radical (unpaired) electrons. The molecule has 2 rings (SSSR count). The molecule has 0 unspecified atom stereocenters. The molecule has 2 N–H and O–H groups in total. The van der Waals surface area contributed by atoms with Crippen LogP contribution in [-0.2, 0) is 0 Å². The van der Waals surface area contributed by atoms with E-state index in [-0.39, 0.29) is 22.8 Å². The number of amides is 1. The van der Waals surface area contributed by atoms with E-state index in [4.69, 9.17) is 23.2 Å². The van der Waals surface area contributed by atoms with E-state index in [0.29, 0.717) is 5.56 Å². The van der Waals surface area contributed by atoms with Crippen LogP contribution in [0, 0.1) is 0 Å². The largest absolute Gasteiger partial charge is 0.388 e. The second-order valence-electron chi connectivity index (χ2n) is 4.26. The molecule has 0 aliphatic heterocycles. The fraction of sp³-hybridized carbons (Fsp3) is 0.455. The third-order valence-corrected chi connectivity index (χ3v) is 3.27. The maximum absolute atomic E-state index is 11.8.